The van der Waals surface area contributed by atoms with Crippen LogP contribution in [0.5, 0.6) is 0 Å². The Morgan fingerprint density at radius 2 is 1.94 bits per heavy atom. The Kier molecular flexibility index (Phi) is 4.37. The Labute approximate surface area is 109 Å². The molecule has 0 aromatic heterocycles. The monoisotopic (exact) mass is 246 g/mol. The third kappa shape index (κ3) is 3.10. The molecule has 1 aromatic rings. The third-order valence-corrected chi connectivity index (χ3v) is 3.81. The number of benzene rings is 1. The van der Waals surface area contributed by atoms with Gasteiger partial charge in [0, 0.05) is 6.04 Å². The van der Waals surface area contributed by atoms with Gasteiger partial charge >= 0.3 is 0 Å². The Balaban J connectivity index is 1.94. The molecule has 1 saturated carbocycles. The van der Waals surface area contributed by atoms with Gasteiger partial charge in [-0.2, -0.15) is 0 Å². The topological polar surface area (TPSA) is 55.1 Å². The number of nitrogens with one attached hydrogen (secondary N) is 1. The fourth-order valence-electron chi connectivity index (χ4n) is 2.63. The summed E-state index contributed by atoms with van der Waals surface area (Å²) in [6.07, 6.45) is 4.16. The van der Waals surface area contributed by atoms with E-state index in [1.165, 1.54) is 0 Å². The number of hydrogen-bond acceptors (Lipinski definition) is 2. The van der Waals surface area contributed by atoms with Crippen LogP contribution in [0.1, 0.15) is 44.2 Å². The molecule has 0 saturated heterocycles. The Hall–Kier alpha value is -1.35. The van der Waals surface area contributed by atoms with Gasteiger partial charge in [-0.3, -0.25) is 4.79 Å². The van der Waals surface area contributed by atoms with Crippen molar-refractivity contribution < 1.29 is 4.79 Å². The summed E-state index contributed by atoms with van der Waals surface area (Å²) in [5.41, 5.74) is 7.17. The number of carbonyl (C=O) groups excluding carboxylic acids is 1. The number of carbonyl (C=O) groups is 1. The fraction of sp³-hybridized carbons (Fsp3) is 0.533. The molecule has 1 aliphatic carbocycles. The van der Waals surface area contributed by atoms with Gasteiger partial charge in [0.25, 0.3) is 0 Å². The summed E-state index contributed by atoms with van der Waals surface area (Å²) in [6.45, 7) is 2.02. The van der Waals surface area contributed by atoms with Gasteiger partial charge in [-0.25, -0.2) is 0 Å². The molecule has 0 bridgehead atoms. The Morgan fingerprint density at radius 1 is 1.28 bits per heavy atom. The van der Waals surface area contributed by atoms with Crippen molar-refractivity contribution in [3.8, 4) is 0 Å². The minimum atomic E-state index is -0.00934. The van der Waals surface area contributed by atoms with E-state index in [2.05, 4.69) is 5.32 Å². The van der Waals surface area contributed by atoms with E-state index in [-0.39, 0.29) is 23.9 Å². The summed E-state index contributed by atoms with van der Waals surface area (Å²) in [5, 5.41) is 3.08. The minimum Gasteiger partial charge on any atom is -0.349 e. The summed E-state index contributed by atoms with van der Waals surface area (Å²) in [4.78, 5) is 12.2. The molecule has 3 N–H and O–H groups in total. The van der Waals surface area contributed by atoms with Crippen LogP contribution in [0.3, 0.4) is 0 Å². The van der Waals surface area contributed by atoms with Crippen LogP contribution in [0.2, 0.25) is 0 Å². The predicted molar refractivity (Wildman–Crippen MR) is 72.9 cm³/mol. The van der Waals surface area contributed by atoms with Crippen LogP contribution in [0.15, 0.2) is 30.3 Å². The molecule has 0 heterocycles. The van der Waals surface area contributed by atoms with Crippen molar-refractivity contribution in [2.45, 2.75) is 44.7 Å². The lowest BCUT2D eigenvalue weighted by molar-refractivity contribution is -0.127. The number of amides is 1. The fourth-order valence-corrected chi connectivity index (χ4v) is 2.63. The first-order valence-corrected chi connectivity index (χ1v) is 6.79. The molecule has 0 unspecified atom stereocenters. The molecule has 0 spiro atoms. The van der Waals surface area contributed by atoms with Gasteiger partial charge in [0.1, 0.15) is 0 Å². The summed E-state index contributed by atoms with van der Waals surface area (Å²) in [6, 6.07) is 10.1. The summed E-state index contributed by atoms with van der Waals surface area (Å²) in [5.74, 6) is 0.100. The number of rotatable bonds is 3. The van der Waals surface area contributed by atoms with E-state index >= 15 is 0 Å². The summed E-state index contributed by atoms with van der Waals surface area (Å²) in [7, 11) is 0. The predicted octanol–water partition coefficient (Wildman–Crippen LogP) is 2.38. The zero-order chi connectivity index (χ0) is 13.0. The molecule has 1 aliphatic rings. The van der Waals surface area contributed by atoms with Gasteiger partial charge in [0.2, 0.25) is 5.91 Å². The zero-order valence-corrected chi connectivity index (χ0v) is 10.9. The Bertz CT molecular complexity index is 391. The highest BCUT2D eigenvalue weighted by molar-refractivity contribution is 5.79. The first-order valence-electron chi connectivity index (χ1n) is 6.79. The summed E-state index contributed by atoms with van der Waals surface area (Å²) >= 11 is 0. The first-order chi connectivity index (χ1) is 8.68. The van der Waals surface area contributed by atoms with Crippen molar-refractivity contribution in [1.82, 2.24) is 5.32 Å². The van der Waals surface area contributed by atoms with Gasteiger partial charge < -0.3 is 11.1 Å². The highest BCUT2D eigenvalue weighted by atomic mass is 16.2. The zero-order valence-electron chi connectivity index (χ0n) is 10.9. The largest absolute Gasteiger partial charge is 0.349 e. The molecular formula is C15H22N2O. The first kappa shape index (κ1) is 13.1. The highest BCUT2D eigenvalue weighted by Gasteiger charge is 2.28. The second-order valence-electron chi connectivity index (χ2n) is 5.20. The SMILES string of the molecule is C[C@@H](NC(=O)[C@H]1CCCC[C@H]1N)c1ccccc1. The molecule has 2 rings (SSSR count). The van der Waals surface area contributed by atoms with E-state index in [1.807, 2.05) is 37.3 Å². The lowest BCUT2D eigenvalue weighted by Crippen LogP contribution is -2.44. The smallest absolute Gasteiger partial charge is 0.225 e. The second kappa shape index (κ2) is 6.01. The highest BCUT2D eigenvalue weighted by Crippen LogP contribution is 2.24. The van der Waals surface area contributed by atoms with Gasteiger partial charge in [0.05, 0.1) is 12.0 Å². The molecular weight excluding hydrogens is 224 g/mol. The van der Waals surface area contributed by atoms with Gasteiger partial charge in [0.15, 0.2) is 0 Å². The maximum atomic E-state index is 12.2. The molecule has 3 nitrogen and oxygen atoms in total. The van der Waals surface area contributed by atoms with E-state index in [4.69, 9.17) is 5.73 Å². The maximum Gasteiger partial charge on any atom is 0.225 e. The van der Waals surface area contributed by atoms with Crippen LogP contribution >= 0.6 is 0 Å². The van der Waals surface area contributed by atoms with Gasteiger partial charge in [-0.15, -0.1) is 0 Å². The standard InChI is InChI=1S/C15H22N2O/c1-11(12-7-3-2-4-8-12)17-15(18)13-9-5-6-10-14(13)16/h2-4,7-8,11,13-14H,5-6,9-10,16H2,1H3,(H,17,18)/t11-,13+,14-/m1/s1. The van der Waals surface area contributed by atoms with Crippen molar-refractivity contribution in [3.63, 3.8) is 0 Å². The van der Waals surface area contributed by atoms with E-state index < -0.39 is 0 Å². The molecule has 98 valence electrons. The average Bonchev–Trinajstić information content (AvgIpc) is 2.40. The van der Waals surface area contributed by atoms with Gasteiger partial charge in [-0.1, -0.05) is 43.2 Å². The molecule has 18 heavy (non-hydrogen) atoms. The van der Waals surface area contributed by atoms with Crippen molar-refractivity contribution >= 4 is 5.91 Å². The molecule has 3 heteroatoms. The molecule has 0 aliphatic heterocycles. The van der Waals surface area contributed by atoms with Crippen LogP contribution in [0, 0.1) is 5.92 Å². The third-order valence-electron chi connectivity index (χ3n) is 3.81. The quantitative estimate of drug-likeness (QED) is 0.860. The van der Waals surface area contributed by atoms with Crippen molar-refractivity contribution in [2.24, 2.45) is 11.7 Å². The average molecular weight is 246 g/mol. The van der Waals surface area contributed by atoms with Crippen LogP contribution in [0.25, 0.3) is 0 Å². The minimum absolute atomic E-state index is 0.00934. The normalized spacial score (nSPS) is 25.4. The lowest BCUT2D eigenvalue weighted by atomic mass is 9.84. The van der Waals surface area contributed by atoms with E-state index in [1.54, 1.807) is 0 Å². The van der Waals surface area contributed by atoms with E-state index in [0.29, 0.717) is 0 Å². The summed E-state index contributed by atoms with van der Waals surface area (Å²) < 4.78 is 0. The molecule has 1 amide bonds. The van der Waals surface area contributed by atoms with Crippen LogP contribution in [-0.2, 0) is 4.79 Å². The molecule has 1 aromatic carbocycles. The van der Waals surface area contributed by atoms with Crippen molar-refractivity contribution in [2.75, 3.05) is 0 Å². The second-order valence-corrected chi connectivity index (χ2v) is 5.20. The lowest BCUT2D eigenvalue weighted by Gasteiger charge is -2.28. The molecule has 1 fully saturated rings. The van der Waals surface area contributed by atoms with Gasteiger partial charge in [-0.05, 0) is 25.3 Å². The van der Waals surface area contributed by atoms with Crippen molar-refractivity contribution in [1.29, 1.82) is 0 Å². The van der Waals surface area contributed by atoms with Crippen LogP contribution < -0.4 is 11.1 Å². The Morgan fingerprint density at radius 3 is 2.61 bits per heavy atom. The molecule has 3 atom stereocenters. The van der Waals surface area contributed by atoms with Crippen molar-refractivity contribution in [3.05, 3.63) is 35.9 Å². The number of nitrogens with two attached hydrogens (primary N) is 1. The molecule has 0 radical (unpaired) electrons. The number of hydrogen-bond donors (Lipinski definition) is 2. The van der Waals surface area contributed by atoms with Crippen LogP contribution in [0.4, 0.5) is 0 Å². The maximum absolute atomic E-state index is 12.2. The van der Waals surface area contributed by atoms with E-state index in [9.17, 15) is 4.79 Å². The van der Waals surface area contributed by atoms with E-state index in [0.717, 1.165) is 31.2 Å². The van der Waals surface area contributed by atoms with Crippen LogP contribution in [-0.4, -0.2) is 11.9 Å².